The van der Waals surface area contributed by atoms with Crippen LogP contribution >= 0.6 is 11.6 Å². The first-order valence-electron chi connectivity index (χ1n) is 6.39. The van der Waals surface area contributed by atoms with Crippen molar-refractivity contribution in [1.82, 2.24) is 5.32 Å². The summed E-state index contributed by atoms with van der Waals surface area (Å²) >= 11 is 5.80. The molecule has 2 nitrogen and oxygen atoms in total. The van der Waals surface area contributed by atoms with Gasteiger partial charge < -0.3 is 5.32 Å². The van der Waals surface area contributed by atoms with E-state index in [9.17, 15) is 9.18 Å². The Morgan fingerprint density at radius 1 is 1.10 bits per heavy atom. The van der Waals surface area contributed by atoms with E-state index in [4.69, 9.17) is 11.6 Å². The molecule has 0 radical (unpaired) electrons. The number of rotatable bonds is 5. The molecule has 0 unspecified atom stereocenters. The maximum atomic E-state index is 13.0. The number of amides is 1. The monoisotopic (exact) mass is 291 g/mol. The lowest BCUT2D eigenvalue weighted by molar-refractivity contribution is -0.120. The van der Waals surface area contributed by atoms with E-state index in [-0.39, 0.29) is 18.1 Å². The Hall–Kier alpha value is -1.87. The van der Waals surface area contributed by atoms with Crippen LogP contribution in [0.5, 0.6) is 0 Å². The van der Waals surface area contributed by atoms with Crippen LogP contribution in [0.4, 0.5) is 4.39 Å². The minimum atomic E-state index is -0.323. The van der Waals surface area contributed by atoms with Crippen LogP contribution < -0.4 is 5.32 Å². The van der Waals surface area contributed by atoms with Crippen molar-refractivity contribution in [2.24, 2.45) is 0 Å². The topological polar surface area (TPSA) is 29.1 Å². The molecule has 4 heteroatoms. The summed E-state index contributed by atoms with van der Waals surface area (Å²) in [4.78, 5) is 11.7. The van der Waals surface area contributed by atoms with Gasteiger partial charge >= 0.3 is 0 Å². The van der Waals surface area contributed by atoms with E-state index in [0.29, 0.717) is 17.1 Å². The first kappa shape index (κ1) is 14.5. The van der Waals surface area contributed by atoms with Crippen LogP contribution in [0.1, 0.15) is 11.1 Å². The zero-order valence-corrected chi connectivity index (χ0v) is 11.7. The average molecular weight is 292 g/mol. The van der Waals surface area contributed by atoms with E-state index in [1.807, 2.05) is 24.3 Å². The molecule has 20 heavy (non-hydrogen) atoms. The molecule has 0 fully saturated rings. The molecular formula is C16H15ClFNO. The molecule has 0 aliphatic heterocycles. The molecule has 2 rings (SSSR count). The van der Waals surface area contributed by atoms with E-state index < -0.39 is 0 Å². The number of halogens is 2. The lowest BCUT2D eigenvalue weighted by Gasteiger charge is -2.06. The quantitative estimate of drug-likeness (QED) is 0.899. The predicted molar refractivity (Wildman–Crippen MR) is 78.3 cm³/mol. The van der Waals surface area contributed by atoms with E-state index in [2.05, 4.69) is 5.32 Å². The van der Waals surface area contributed by atoms with Crippen LogP contribution in [-0.4, -0.2) is 12.5 Å². The number of hydrogen-bond acceptors (Lipinski definition) is 1. The first-order chi connectivity index (χ1) is 9.63. The highest BCUT2D eigenvalue weighted by molar-refractivity contribution is 6.30. The smallest absolute Gasteiger partial charge is 0.224 e. The van der Waals surface area contributed by atoms with Crippen LogP contribution in [0.2, 0.25) is 5.02 Å². The van der Waals surface area contributed by atoms with Gasteiger partial charge in [0, 0.05) is 11.6 Å². The van der Waals surface area contributed by atoms with E-state index in [1.54, 1.807) is 12.1 Å². The second-order valence-electron chi connectivity index (χ2n) is 4.53. The second-order valence-corrected chi connectivity index (χ2v) is 4.97. The molecule has 0 spiro atoms. The second kappa shape index (κ2) is 7.06. The maximum absolute atomic E-state index is 13.0. The molecule has 0 heterocycles. The summed E-state index contributed by atoms with van der Waals surface area (Å²) in [5.74, 6) is -0.430. The number of benzene rings is 2. The van der Waals surface area contributed by atoms with Gasteiger partial charge in [-0.25, -0.2) is 4.39 Å². The average Bonchev–Trinajstić information content (AvgIpc) is 2.41. The fourth-order valence-corrected chi connectivity index (χ4v) is 2.02. The highest BCUT2D eigenvalue weighted by Gasteiger charge is 2.03. The minimum Gasteiger partial charge on any atom is -0.355 e. The molecule has 104 valence electrons. The third kappa shape index (κ3) is 4.67. The van der Waals surface area contributed by atoms with Gasteiger partial charge in [-0.3, -0.25) is 4.79 Å². The number of carbonyl (C=O) groups is 1. The minimum absolute atomic E-state index is 0.107. The van der Waals surface area contributed by atoms with E-state index in [1.165, 1.54) is 12.1 Å². The Labute approximate surface area is 122 Å². The molecular weight excluding hydrogens is 277 g/mol. The molecule has 1 amide bonds. The van der Waals surface area contributed by atoms with Gasteiger partial charge in [0.15, 0.2) is 0 Å². The Kier molecular flexibility index (Phi) is 5.13. The lowest BCUT2D eigenvalue weighted by Crippen LogP contribution is -2.27. The molecule has 0 aliphatic rings. The normalized spacial score (nSPS) is 10.3. The van der Waals surface area contributed by atoms with Gasteiger partial charge in [-0.2, -0.15) is 0 Å². The van der Waals surface area contributed by atoms with Crippen molar-refractivity contribution >= 4 is 17.5 Å². The van der Waals surface area contributed by atoms with Crippen LogP contribution in [0.15, 0.2) is 48.5 Å². The Morgan fingerprint density at radius 3 is 2.55 bits per heavy atom. The number of carbonyl (C=O) groups excluding carboxylic acids is 1. The summed E-state index contributed by atoms with van der Waals surface area (Å²) in [5, 5.41) is 3.52. The first-order valence-corrected chi connectivity index (χ1v) is 6.77. The van der Waals surface area contributed by atoms with Gasteiger partial charge in [0.2, 0.25) is 5.91 Å². The summed E-state index contributed by atoms with van der Waals surface area (Å²) in [6.07, 6.45) is 0.935. The van der Waals surface area contributed by atoms with E-state index in [0.717, 1.165) is 12.0 Å². The third-order valence-electron chi connectivity index (χ3n) is 2.90. The Bertz CT molecular complexity index is 583. The van der Waals surface area contributed by atoms with Crippen molar-refractivity contribution in [3.8, 4) is 0 Å². The van der Waals surface area contributed by atoms with Crippen LogP contribution in [0, 0.1) is 5.82 Å². The van der Waals surface area contributed by atoms with Gasteiger partial charge in [0.05, 0.1) is 6.42 Å². The fraction of sp³-hybridized carbons (Fsp3) is 0.188. The fourth-order valence-electron chi connectivity index (χ4n) is 1.89. The van der Waals surface area contributed by atoms with Crippen molar-refractivity contribution < 1.29 is 9.18 Å². The van der Waals surface area contributed by atoms with Crippen LogP contribution in [-0.2, 0) is 17.6 Å². The van der Waals surface area contributed by atoms with Gasteiger partial charge in [-0.1, -0.05) is 35.9 Å². The van der Waals surface area contributed by atoms with Gasteiger partial charge in [0.1, 0.15) is 5.82 Å². The largest absolute Gasteiger partial charge is 0.355 e. The van der Waals surface area contributed by atoms with Gasteiger partial charge in [-0.15, -0.1) is 0 Å². The van der Waals surface area contributed by atoms with Crippen molar-refractivity contribution in [3.05, 3.63) is 70.5 Å². The summed E-state index contributed by atoms with van der Waals surface area (Å²) in [7, 11) is 0. The summed E-state index contributed by atoms with van der Waals surface area (Å²) in [5.41, 5.74) is 1.79. The van der Waals surface area contributed by atoms with Gasteiger partial charge in [-0.05, 0) is 41.8 Å². The zero-order valence-electron chi connectivity index (χ0n) is 10.9. The lowest BCUT2D eigenvalue weighted by atomic mass is 10.1. The van der Waals surface area contributed by atoms with Crippen molar-refractivity contribution in [2.45, 2.75) is 12.8 Å². The maximum Gasteiger partial charge on any atom is 0.224 e. The highest BCUT2D eigenvalue weighted by atomic mass is 35.5. The van der Waals surface area contributed by atoms with Crippen molar-refractivity contribution in [2.75, 3.05) is 6.54 Å². The third-order valence-corrected chi connectivity index (χ3v) is 3.15. The molecule has 0 bridgehead atoms. The number of nitrogens with one attached hydrogen (secondary N) is 1. The molecule has 2 aromatic rings. The molecule has 0 saturated heterocycles. The molecule has 0 saturated carbocycles. The Balaban J connectivity index is 1.76. The van der Waals surface area contributed by atoms with Crippen molar-refractivity contribution in [3.63, 3.8) is 0 Å². The summed E-state index contributed by atoms with van der Waals surface area (Å²) in [6.45, 7) is 0.551. The van der Waals surface area contributed by atoms with Crippen LogP contribution in [0.3, 0.4) is 0 Å². The molecule has 2 aromatic carbocycles. The number of hydrogen-bond donors (Lipinski definition) is 1. The van der Waals surface area contributed by atoms with Crippen molar-refractivity contribution in [1.29, 1.82) is 0 Å². The Morgan fingerprint density at radius 2 is 1.85 bits per heavy atom. The molecule has 1 N–H and O–H groups in total. The molecule has 0 atom stereocenters. The SMILES string of the molecule is O=C(Cc1cccc(F)c1)NCCc1ccc(Cl)cc1. The van der Waals surface area contributed by atoms with Crippen LogP contribution in [0.25, 0.3) is 0 Å². The zero-order chi connectivity index (χ0) is 14.4. The summed E-state index contributed by atoms with van der Waals surface area (Å²) < 4.78 is 13.0. The highest BCUT2D eigenvalue weighted by Crippen LogP contribution is 2.09. The standard InChI is InChI=1S/C16H15ClFNO/c17-14-6-4-12(5-7-14)8-9-19-16(20)11-13-2-1-3-15(18)10-13/h1-7,10H,8-9,11H2,(H,19,20). The summed E-state index contributed by atoms with van der Waals surface area (Å²) in [6, 6.07) is 13.6. The van der Waals surface area contributed by atoms with E-state index >= 15 is 0 Å². The van der Waals surface area contributed by atoms with Gasteiger partial charge in [0.25, 0.3) is 0 Å². The molecule has 0 aromatic heterocycles. The predicted octanol–water partition coefficient (Wildman–Crippen LogP) is 3.38. The molecule has 0 aliphatic carbocycles.